The molecule has 0 aromatic heterocycles. The van der Waals surface area contributed by atoms with E-state index in [0.717, 1.165) is 36.9 Å². The van der Waals surface area contributed by atoms with Gasteiger partial charge in [0.2, 0.25) is 5.91 Å². The summed E-state index contributed by atoms with van der Waals surface area (Å²) < 4.78 is 0. The molecular weight excluding hydrogens is 270 g/mol. The molecule has 0 aliphatic carbocycles. The molecule has 2 rings (SSSR count). The zero-order chi connectivity index (χ0) is 15.6. The molecule has 1 aromatic carbocycles. The third-order valence-electron chi connectivity index (χ3n) is 4.18. The molecular formula is C15H21N3O3. The van der Waals surface area contributed by atoms with E-state index in [1.54, 1.807) is 6.07 Å². The van der Waals surface area contributed by atoms with E-state index in [2.05, 4.69) is 10.6 Å². The second-order valence-electron chi connectivity index (χ2n) is 5.88. The average Bonchev–Trinajstić information content (AvgIpc) is 2.43. The number of anilines is 1. The van der Waals surface area contributed by atoms with Gasteiger partial charge >= 0.3 is 0 Å². The molecule has 1 aliphatic heterocycles. The standard InChI is InChI=1S/C15H21N3O3/c1-10-8-12(13(18(20)21)9-11(10)2)17-14(19)15(3)6-4-5-7-16-15/h8-9,16H,4-7H2,1-3H3,(H,17,19). The summed E-state index contributed by atoms with van der Waals surface area (Å²) in [5.74, 6) is -0.214. The van der Waals surface area contributed by atoms with Gasteiger partial charge in [-0.2, -0.15) is 0 Å². The minimum absolute atomic E-state index is 0.0640. The summed E-state index contributed by atoms with van der Waals surface area (Å²) in [6.07, 6.45) is 2.76. The fourth-order valence-electron chi connectivity index (χ4n) is 2.56. The molecule has 0 bridgehead atoms. The number of hydrogen-bond acceptors (Lipinski definition) is 4. The van der Waals surface area contributed by atoms with Gasteiger partial charge in [0.1, 0.15) is 5.69 Å². The van der Waals surface area contributed by atoms with Crippen molar-refractivity contribution in [2.75, 3.05) is 11.9 Å². The lowest BCUT2D eigenvalue weighted by Crippen LogP contribution is -2.54. The van der Waals surface area contributed by atoms with Gasteiger partial charge in [0.15, 0.2) is 0 Å². The second kappa shape index (κ2) is 5.81. The van der Waals surface area contributed by atoms with Gasteiger partial charge in [-0.3, -0.25) is 14.9 Å². The summed E-state index contributed by atoms with van der Waals surface area (Å²) in [4.78, 5) is 23.2. The topological polar surface area (TPSA) is 84.3 Å². The Kier molecular flexibility index (Phi) is 4.27. The molecule has 1 saturated heterocycles. The summed E-state index contributed by atoms with van der Waals surface area (Å²) in [7, 11) is 0. The van der Waals surface area contributed by atoms with E-state index in [1.807, 2.05) is 20.8 Å². The molecule has 6 heteroatoms. The molecule has 21 heavy (non-hydrogen) atoms. The van der Waals surface area contributed by atoms with Crippen molar-refractivity contribution in [3.05, 3.63) is 33.4 Å². The fourth-order valence-corrected chi connectivity index (χ4v) is 2.56. The zero-order valence-corrected chi connectivity index (χ0v) is 12.7. The van der Waals surface area contributed by atoms with Crippen LogP contribution in [0.25, 0.3) is 0 Å². The highest BCUT2D eigenvalue weighted by atomic mass is 16.6. The normalized spacial score (nSPS) is 21.9. The first-order valence-electron chi connectivity index (χ1n) is 7.15. The van der Waals surface area contributed by atoms with Gasteiger partial charge in [-0.25, -0.2) is 0 Å². The first-order valence-corrected chi connectivity index (χ1v) is 7.15. The lowest BCUT2D eigenvalue weighted by Gasteiger charge is -2.33. The van der Waals surface area contributed by atoms with E-state index in [1.165, 1.54) is 6.07 Å². The van der Waals surface area contributed by atoms with Crippen molar-refractivity contribution in [2.24, 2.45) is 0 Å². The number of benzene rings is 1. The Bertz CT molecular complexity index is 578. The molecule has 1 heterocycles. The van der Waals surface area contributed by atoms with Gasteiger partial charge in [-0.05, 0) is 63.8 Å². The van der Waals surface area contributed by atoms with Crippen molar-refractivity contribution in [1.29, 1.82) is 0 Å². The van der Waals surface area contributed by atoms with Crippen molar-refractivity contribution in [2.45, 2.75) is 45.6 Å². The van der Waals surface area contributed by atoms with Crippen LogP contribution in [0.15, 0.2) is 12.1 Å². The van der Waals surface area contributed by atoms with Crippen molar-refractivity contribution in [1.82, 2.24) is 5.32 Å². The number of piperidine rings is 1. The van der Waals surface area contributed by atoms with Crippen LogP contribution in [0.1, 0.15) is 37.3 Å². The molecule has 0 spiro atoms. The third-order valence-corrected chi connectivity index (χ3v) is 4.18. The van der Waals surface area contributed by atoms with Gasteiger partial charge in [0.25, 0.3) is 5.69 Å². The van der Waals surface area contributed by atoms with Crippen LogP contribution in [-0.2, 0) is 4.79 Å². The number of aryl methyl sites for hydroxylation is 2. The minimum atomic E-state index is -0.662. The van der Waals surface area contributed by atoms with Crippen LogP contribution >= 0.6 is 0 Å². The summed E-state index contributed by atoms with van der Waals surface area (Å²) in [5, 5.41) is 17.1. The predicted molar refractivity (Wildman–Crippen MR) is 81.5 cm³/mol. The summed E-state index contributed by atoms with van der Waals surface area (Å²) in [6.45, 7) is 6.32. The largest absolute Gasteiger partial charge is 0.319 e. The van der Waals surface area contributed by atoms with Crippen LogP contribution in [0.3, 0.4) is 0 Å². The Balaban J connectivity index is 2.28. The number of amides is 1. The van der Waals surface area contributed by atoms with Gasteiger partial charge in [-0.1, -0.05) is 0 Å². The Morgan fingerprint density at radius 3 is 2.57 bits per heavy atom. The molecule has 0 saturated carbocycles. The minimum Gasteiger partial charge on any atom is -0.319 e. The van der Waals surface area contributed by atoms with Crippen molar-refractivity contribution in [3.8, 4) is 0 Å². The summed E-state index contributed by atoms with van der Waals surface area (Å²) in [5.41, 5.74) is 1.29. The highest BCUT2D eigenvalue weighted by molar-refractivity contribution is 5.99. The number of nitro benzene ring substituents is 1. The first kappa shape index (κ1) is 15.4. The zero-order valence-electron chi connectivity index (χ0n) is 12.7. The van der Waals surface area contributed by atoms with Crippen molar-refractivity contribution >= 4 is 17.3 Å². The second-order valence-corrected chi connectivity index (χ2v) is 5.88. The lowest BCUT2D eigenvalue weighted by atomic mass is 9.90. The maximum atomic E-state index is 12.5. The number of nitrogens with zero attached hydrogens (tertiary/aromatic N) is 1. The van der Waals surface area contributed by atoms with E-state index in [-0.39, 0.29) is 17.3 Å². The maximum Gasteiger partial charge on any atom is 0.293 e. The van der Waals surface area contributed by atoms with E-state index < -0.39 is 10.5 Å². The molecule has 2 N–H and O–H groups in total. The molecule has 114 valence electrons. The van der Waals surface area contributed by atoms with E-state index in [0.29, 0.717) is 0 Å². The highest BCUT2D eigenvalue weighted by Gasteiger charge is 2.35. The third kappa shape index (κ3) is 3.21. The number of hydrogen-bond donors (Lipinski definition) is 2. The summed E-state index contributed by atoms with van der Waals surface area (Å²) >= 11 is 0. The Morgan fingerprint density at radius 2 is 2.00 bits per heavy atom. The molecule has 1 atom stereocenters. The van der Waals surface area contributed by atoms with Crippen LogP contribution in [-0.4, -0.2) is 22.9 Å². The van der Waals surface area contributed by atoms with Crippen molar-refractivity contribution in [3.63, 3.8) is 0 Å². The number of nitro groups is 1. The van der Waals surface area contributed by atoms with Crippen LogP contribution in [0.5, 0.6) is 0 Å². The average molecular weight is 291 g/mol. The Labute approximate surface area is 124 Å². The number of nitrogens with one attached hydrogen (secondary N) is 2. The Hall–Kier alpha value is -1.95. The van der Waals surface area contributed by atoms with E-state index >= 15 is 0 Å². The van der Waals surface area contributed by atoms with Crippen LogP contribution in [0.2, 0.25) is 0 Å². The quantitative estimate of drug-likeness (QED) is 0.662. The SMILES string of the molecule is Cc1cc(NC(=O)C2(C)CCCCN2)c([N+](=O)[O-])cc1C. The van der Waals surface area contributed by atoms with E-state index in [9.17, 15) is 14.9 Å². The first-order chi connectivity index (χ1) is 9.83. The fraction of sp³-hybridized carbons (Fsp3) is 0.533. The molecule has 1 aromatic rings. The Morgan fingerprint density at radius 1 is 1.33 bits per heavy atom. The van der Waals surface area contributed by atoms with Crippen molar-refractivity contribution < 1.29 is 9.72 Å². The number of rotatable bonds is 3. The van der Waals surface area contributed by atoms with Gasteiger partial charge in [0.05, 0.1) is 10.5 Å². The molecule has 1 amide bonds. The highest BCUT2D eigenvalue weighted by Crippen LogP contribution is 2.29. The molecule has 1 unspecified atom stereocenters. The lowest BCUT2D eigenvalue weighted by molar-refractivity contribution is -0.384. The summed E-state index contributed by atoms with van der Waals surface area (Å²) in [6, 6.07) is 3.17. The molecule has 6 nitrogen and oxygen atoms in total. The number of carbonyl (C=O) groups is 1. The van der Waals surface area contributed by atoms with E-state index in [4.69, 9.17) is 0 Å². The maximum absolute atomic E-state index is 12.5. The van der Waals surface area contributed by atoms with Gasteiger partial charge < -0.3 is 10.6 Å². The smallest absolute Gasteiger partial charge is 0.293 e. The van der Waals surface area contributed by atoms with Crippen LogP contribution in [0, 0.1) is 24.0 Å². The predicted octanol–water partition coefficient (Wildman–Crippen LogP) is 2.68. The number of carbonyl (C=O) groups excluding carboxylic acids is 1. The van der Waals surface area contributed by atoms with Crippen LogP contribution < -0.4 is 10.6 Å². The molecule has 1 aliphatic rings. The van der Waals surface area contributed by atoms with Crippen LogP contribution in [0.4, 0.5) is 11.4 Å². The molecule has 0 radical (unpaired) electrons. The monoisotopic (exact) mass is 291 g/mol. The molecule has 1 fully saturated rings. The van der Waals surface area contributed by atoms with Gasteiger partial charge in [0, 0.05) is 6.07 Å². The van der Waals surface area contributed by atoms with Gasteiger partial charge in [-0.15, -0.1) is 0 Å².